The highest BCUT2D eigenvalue weighted by Crippen LogP contribution is 2.18. The predicted octanol–water partition coefficient (Wildman–Crippen LogP) is 3.03. The summed E-state index contributed by atoms with van der Waals surface area (Å²) in [5, 5.41) is 8.81. The van der Waals surface area contributed by atoms with Crippen LogP contribution in [0.4, 0.5) is 0 Å². The molecule has 0 unspecified atom stereocenters. The van der Waals surface area contributed by atoms with Crippen molar-refractivity contribution in [3.8, 4) is 6.07 Å². The van der Waals surface area contributed by atoms with Gasteiger partial charge in [-0.3, -0.25) is 0 Å². The van der Waals surface area contributed by atoms with Crippen LogP contribution in [0.15, 0.2) is 30.0 Å². The lowest BCUT2D eigenvalue weighted by atomic mass is 10.1. The summed E-state index contributed by atoms with van der Waals surface area (Å²) in [6.45, 7) is 5.78. The van der Waals surface area contributed by atoms with Crippen LogP contribution in [0.25, 0.3) is 6.08 Å². The molecule has 0 radical (unpaired) electrons. The number of nitrogens with zero attached hydrogens (tertiary/aromatic N) is 2. The number of benzene rings is 1. The van der Waals surface area contributed by atoms with Gasteiger partial charge in [-0.25, -0.2) is 0 Å². The van der Waals surface area contributed by atoms with Crippen molar-refractivity contribution in [2.45, 2.75) is 19.8 Å². The summed E-state index contributed by atoms with van der Waals surface area (Å²) in [5.74, 6) is 0. The molecule has 0 amide bonds. The fraction of sp³-hybridized carbons (Fsp3) is 0.438. The van der Waals surface area contributed by atoms with E-state index in [1.165, 1.54) is 5.70 Å². The maximum absolute atomic E-state index is 8.81. The zero-order valence-corrected chi connectivity index (χ0v) is 11.4. The molecule has 0 N–H and O–H groups in total. The summed E-state index contributed by atoms with van der Waals surface area (Å²) in [6, 6.07) is 9.91. The summed E-state index contributed by atoms with van der Waals surface area (Å²) in [7, 11) is 0. The number of morpholine rings is 1. The van der Waals surface area contributed by atoms with Gasteiger partial charge < -0.3 is 9.64 Å². The highest BCUT2D eigenvalue weighted by Gasteiger charge is 2.12. The molecule has 1 heterocycles. The van der Waals surface area contributed by atoms with Crippen LogP contribution in [0.3, 0.4) is 0 Å². The quantitative estimate of drug-likeness (QED) is 0.830. The Morgan fingerprint density at radius 2 is 2.00 bits per heavy atom. The van der Waals surface area contributed by atoms with Gasteiger partial charge in [-0.2, -0.15) is 5.26 Å². The molecule has 100 valence electrons. The number of nitriles is 1. The van der Waals surface area contributed by atoms with E-state index in [1.807, 2.05) is 24.3 Å². The van der Waals surface area contributed by atoms with E-state index in [1.54, 1.807) is 0 Å². The van der Waals surface area contributed by atoms with Crippen LogP contribution >= 0.6 is 0 Å². The van der Waals surface area contributed by atoms with Crippen molar-refractivity contribution >= 4 is 6.08 Å². The Hall–Kier alpha value is -1.79. The van der Waals surface area contributed by atoms with Gasteiger partial charge in [0.25, 0.3) is 0 Å². The first kappa shape index (κ1) is 13.6. The van der Waals surface area contributed by atoms with Crippen molar-refractivity contribution in [3.63, 3.8) is 0 Å². The molecular weight excluding hydrogens is 236 g/mol. The fourth-order valence-corrected chi connectivity index (χ4v) is 2.27. The Balaban J connectivity index is 2.16. The SMILES string of the molecule is CCCC(=Cc1ccc(C#N)cc1)N1CCOCC1. The third-order valence-electron chi connectivity index (χ3n) is 3.30. The lowest BCUT2D eigenvalue weighted by Gasteiger charge is -2.31. The van der Waals surface area contributed by atoms with E-state index in [0.29, 0.717) is 5.56 Å². The summed E-state index contributed by atoms with van der Waals surface area (Å²) in [6.07, 6.45) is 4.45. The van der Waals surface area contributed by atoms with Crippen LogP contribution in [0.5, 0.6) is 0 Å². The highest BCUT2D eigenvalue weighted by molar-refractivity contribution is 5.53. The van der Waals surface area contributed by atoms with Crippen LogP contribution in [0.1, 0.15) is 30.9 Å². The molecule has 0 aromatic heterocycles. The maximum Gasteiger partial charge on any atom is 0.0991 e. The molecule has 19 heavy (non-hydrogen) atoms. The minimum atomic E-state index is 0.709. The number of allylic oxidation sites excluding steroid dienone is 1. The zero-order chi connectivity index (χ0) is 13.5. The van der Waals surface area contributed by atoms with E-state index in [9.17, 15) is 0 Å². The van der Waals surface area contributed by atoms with E-state index in [0.717, 1.165) is 44.7 Å². The van der Waals surface area contributed by atoms with Crippen molar-refractivity contribution in [3.05, 3.63) is 41.1 Å². The van der Waals surface area contributed by atoms with Gasteiger partial charge in [0, 0.05) is 18.8 Å². The third kappa shape index (κ3) is 3.84. The zero-order valence-electron chi connectivity index (χ0n) is 11.4. The average Bonchev–Trinajstić information content (AvgIpc) is 2.48. The Labute approximate surface area is 115 Å². The Bertz CT molecular complexity index is 465. The van der Waals surface area contributed by atoms with Crippen molar-refractivity contribution in [1.82, 2.24) is 4.90 Å². The summed E-state index contributed by atoms with van der Waals surface area (Å²) in [4.78, 5) is 2.41. The molecule has 1 aliphatic heterocycles. The second-order valence-electron chi connectivity index (χ2n) is 4.72. The predicted molar refractivity (Wildman–Crippen MR) is 76.4 cm³/mol. The molecule has 1 aromatic rings. The first-order valence-corrected chi connectivity index (χ1v) is 6.87. The lowest BCUT2D eigenvalue weighted by Crippen LogP contribution is -2.35. The smallest absolute Gasteiger partial charge is 0.0991 e. The van der Waals surface area contributed by atoms with Crippen molar-refractivity contribution in [2.24, 2.45) is 0 Å². The molecule has 3 nitrogen and oxygen atoms in total. The fourth-order valence-electron chi connectivity index (χ4n) is 2.27. The molecule has 0 aliphatic carbocycles. The molecule has 1 saturated heterocycles. The van der Waals surface area contributed by atoms with Gasteiger partial charge in [-0.05, 0) is 30.2 Å². The molecule has 0 atom stereocenters. The van der Waals surface area contributed by atoms with E-state index in [4.69, 9.17) is 10.00 Å². The molecule has 0 bridgehead atoms. The Morgan fingerprint density at radius 1 is 1.32 bits per heavy atom. The van der Waals surface area contributed by atoms with Crippen molar-refractivity contribution in [1.29, 1.82) is 5.26 Å². The second-order valence-corrected chi connectivity index (χ2v) is 4.72. The van der Waals surface area contributed by atoms with Crippen LogP contribution < -0.4 is 0 Å². The van der Waals surface area contributed by atoms with Crippen LogP contribution in [0, 0.1) is 11.3 Å². The molecule has 0 spiro atoms. The molecule has 1 fully saturated rings. The van der Waals surface area contributed by atoms with Crippen molar-refractivity contribution in [2.75, 3.05) is 26.3 Å². The van der Waals surface area contributed by atoms with Crippen LogP contribution in [-0.2, 0) is 4.74 Å². The monoisotopic (exact) mass is 256 g/mol. The highest BCUT2D eigenvalue weighted by atomic mass is 16.5. The van der Waals surface area contributed by atoms with E-state index in [2.05, 4.69) is 24.0 Å². The normalized spacial score (nSPS) is 16.2. The minimum absolute atomic E-state index is 0.709. The number of ether oxygens (including phenoxy) is 1. The van der Waals surface area contributed by atoms with Gasteiger partial charge in [-0.1, -0.05) is 25.5 Å². The molecule has 1 aromatic carbocycles. The van der Waals surface area contributed by atoms with Gasteiger partial charge in [0.1, 0.15) is 0 Å². The minimum Gasteiger partial charge on any atom is -0.378 e. The van der Waals surface area contributed by atoms with E-state index in [-0.39, 0.29) is 0 Å². The third-order valence-corrected chi connectivity index (χ3v) is 3.30. The molecule has 2 rings (SSSR count). The van der Waals surface area contributed by atoms with Crippen LogP contribution in [0.2, 0.25) is 0 Å². The van der Waals surface area contributed by atoms with Gasteiger partial charge in [0.15, 0.2) is 0 Å². The van der Waals surface area contributed by atoms with E-state index >= 15 is 0 Å². The summed E-state index contributed by atoms with van der Waals surface area (Å²) in [5.41, 5.74) is 3.24. The number of hydrogen-bond acceptors (Lipinski definition) is 3. The molecular formula is C16H20N2O. The van der Waals surface area contributed by atoms with E-state index < -0.39 is 0 Å². The van der Waals surface area contributed by atoms with Gasteiger partial charge >= 0.3 is 0 Å². The standard InChI is InChI=1S/C16H20N2O/c1-2-3-16(18-8-10-19-11-9-18)12-14-4-6-15(13-17)7-5-14/h4-7,12H,2-3,8-11H2,1H3. The van der Waals surface area contributed by atoms with Crippen molar-refractivity contribution < 1.29 is 4.74 Å². The first-order chi connectivity index (χ1) is 9.33. The summed E-state index contributed by atoms with van der Waals surface area (Å²) >= 11 is 0. The maximum atomic E-state index is 8.81. The number of rotatable bonds is 4. The van der Waals surface area contributed by atoms with Gasteiger partial charge in [0.2, 0.25) is 0 Å². The second kappa shape index (κ2) is 6.96. The molecule has 0 saturated carbocycles. The first-order valence-electron chi connectivity index (χ1n) is 6.87. The lowest BCUT2D eigenvalue weighted by molar-refractivity contribution is 0.0526. The Kier molecular flexibility index (Phi) is 5.00. The van der Waals surface area contributed by atoms with Crippen LogP contribution in [-0.4, -0.2) is 31.2 Å². The summed E-state index contributed by atoms with van der Waals surface area (Å²) < 4.78 is 5.40. The largest absolute Gasteiger partial charge is 0.378 e. The van der Waals surface area contributed by atoms with Gasteiger partial charge in [0.05, 0.1) is 24.8 Å². The van der Waals surface area contributed by atoms with Gasteiger partial charge in [-0.15, -0.1) is 0 Å². The average molecular weight is 256 g/mol. The molecule has 3 heteroatoms. The Morgan fingerprint density at radius 3 is 2.58 bits per heavy atom. The number of hydrogen-bond donors (Lipinski definition) is 0. The topological polar surface area (TPSA) is 36.3 Å². The molecule has 1 aliphatic rings.